The number of aliphatic carboxylic acids is 1. The molecule has 1 aliphatic carbocycles. The van der Waals surface area contributed by atoms with Crippen molar-refractivity contribution in [1.29, 1.82) is 0 Å². The molecule has 104 valence electrons. The van der Waals surface area contributed by atoms with Gasteiger partial charge >= 0.3 is 5.97 Å². The van der Waals surface area contributed by atoms with E-state index >= 15 is 0 Å². The van der Waals surface area contributed by atoms with E-state index in [2.05, 4.69) is 15.9 Å². The van der Waals surface area contributed by atoms with Gasteiger partial charge in [0.25, 0.3) is 5.91 Å². The maximum Gasteiger partial charge on any atom is 0.323 e. The summed E-state index contributed by atoms with van der Waals surface area (Å²) in [7, 11) is 0. The van der Waals surface area contributed by atoms with Crippen LogP contribution < -0.4 is 0 Å². The fourth-order valence-corrected chi connectivity index (χ4v) is 3.93. The molecule has 19 heavy (non-hydrogen) atoms. The van der Waals surface area contributed by atoms with E-state index in [1.807, 2.05) is 13.0 Å². The molecule has 0 spiro atoms. The third-order valence-electron chi connectivity index (χ3n) is 3.40. The molecule has 1 aromatic heterocycles. The number of carboxylic acid groups (broad SMARTS) is 1. The molecule has 6 heteroatoms. The zero-order valence-electron chi connectivity index (χ0n) is 10.7. The number of amides is 1. The van der Waals surface area contributed by atoms with Crippen LogP contribution >= 0.6 is 27.3 Å². The van der Waals surface area contributed by atoms with Gasteiger partial charge in [-0.1, -0.05) is 12.8 Å². The molecule has 0 radical (unpaired) electrons. The summed E-state index contributed by atoms with van der Waals surface area (Å²) in [5.74, 6) is -1.11. The SMILES string of the molecule is Cc1cc(C(=O)N(CC(=O)O)C2CCCC2)sc1Br. The number of thiophene rings is 1. The van der Waals surface area contributed by atoms with Gasteiger partial charge in [0.1, 0.15) is 6.54 Å². The summed E-state index contributed by atoms with van der Waals surface area (Å²) >= 11 is 4.77. The maximum atomic E-state index is 12.5. The number of carboxylic acids is 1. The summed E-state index contributed by atoms with van der Waals surface area (Å²) in [6, 6.07) is 1.89. The van der Waals surface area contributed by atoms with Crippen molar-refractivity contribution in [1.82, 2.24) is 4.90 Å². The Morgan fingerprint density at radius 3 is 2.58 bits per heavy atom. The Balaban J connectivity index is 2.21. The van der Waals surface area contributed by atoms with E-state index in [4.69, 9.17) is 5.11 Å². The lowest BCUT2D eigenvalue weighted by atomic mass is 10.2. The highest BCUT2D eigenvalue weighted by molar-refractivity contribution is 9.11. The lowest BCUT2D eigenvalue weighted by molar-refractivity contribution is -0.138. The average molecular weight is 346 g/mol. The smallest absolute Gasteiger partial charge is 0.323 e. The summed E-state index contributed by atoms with van der Waals surface area (Å²) in [5.41, 5.74) is 1.01. The third-order valence-corrected chi connectivity index (χ3v) is 5.52. The van der Waals surface area contributed by atoms with Gasteiger partial charge < -0.3 is 10.0 Å². The van der Waals surface area contributed by atoms with Crippen LogP contribution in [0.3, 0.4) is 0 Å². The summed E-state index contributed by atoms with van der Waals surface area (Å²) in [6.07, 6.45) is 3.96. The van der Waals surface area contributed by atoms with Crippen molar-refractivity contribution in [3.8, 4) is 0 Å². The van der Waals surface area contributed by atoms with Gasteiger partial charge in [0.05, 0.1) is 8.66 Å². The highest BCUT2D eigenvalue weighted by Crippen LogP contribution is 2.30. The van der Waals surface area contributed by atoms with Crippen LogP contribution in [0, 0.1) is 6.92 Å². The Morgan fingerprint density at radius 2 is 2.11 bits per heavy atom. The van der Waals surface area contributed by atoms with Gasteiger partial charge in [-0.2, -0.15) is 0 Å². The van der Waals surface area contributed by atoms with Gasteiger partial charge in [0.2, 0.25) is 0 Å². The van der Waals surface area contributed by atoms with Crippen molar-refractivity contribution in [3.05, 3.63) is 20.3 Å². The Labute approximate surface area is 124 Å². The zero-order valence-corrected chi connectivity index (χ0v) is 13.1. The fourth-order valence-electron chi connectivity index (χ4n) is 2.44. The van der Waals surface area contributed by atoms with Gasteiger partial charge in [0, 0.05) is 6.04 Å². The number of carbonyl (C=O) groups excluding carboxylic acids is 1. The number of hydrogen-bond donors (Lipinski definition) is 1. The molecule has 1 saturated carbocycles. The normalized spacial score (nSPS) is 15.7. The lowest BCUT2D eigenvalue weighted by Crippen LogP contribution is -2.41. The highest BCUT2D eigenvalue weighted by Gasteiger charge is 2.30. The maximum absolute atomic E-state index is 12.5. The molecule has 0 unspecified atom stereocenters. The first kappa shape index (κ1) is 14.5. The summed E-state index contributed by atoms with van der Waals surface area (Å²) in [4.78, 5) is 25.6. The van der Waals surface area contributed by atoms with E-state index in [0.29, 0.717) is 4.88 Å². The van der Waals surface area contributed by atoms with Crippen molar-refractivity contribution >= 4 is 39.1 Å². The van der Waals surface area contributed by atoms with Crippen molar-refractivity contribution < 1.29 is 14.7 Å². The summed E-state index contributed by atoms with van der Waals surface area (Å²) in [6.45, 7) is 1.71. The number of aryl methyl sites for hydroxylation is 1. The molecule has 1 amide bonds. The summed E-state index contributed by atoms with van der Waals surface area (Å²) in [5, 5.41) is 9.00. The average Bonchev–Trinajstić information content (AvgIpc) is 2.96. The second-order valence-corrected chi connectivity index (χ2v) is 7.20. The van der Waals surface area contributed by atoms with Crippen LogP contribution in [0.25, 0.3) is 0 Å². The molecular weight excluding hydrogens is 330 g/mol. The standard InChI is InChI=1S/C13H16BrNO3S/c1-8-6-10(19-12(8)14)13(18)15(7-11(16)17)9-4-2-3-5-9/h6,9H,2-5,7H2,1H3,(H,16,17). The predicted molar refractivity (Wildman–Crippen MR) is 77.7 cm³/mol. The predicted octanol–water partition coefficient (Wildman–Crippen LogP) is 3.29. The highest BCUT2D eigenvalue weighted by atomic mass is 79.9. The van der Waals surface area contributed by atoms with Gasteiger partial charge in [0.15, 0.2) is 0 Å². The van der Waals surface area contributed by atoms with Crippen LogP contribution in [0.15, 0.2) is 9.85 Å². The minimum absolute atomic E-state index is 0.0739. The fraction of sp³-hybridized carbons (Fsp3) is 0.538. The molecule has 0 bridgehead atoms. The van der Waals surface area contributed by atoms with E-state index in [0.717, 1.165) is 35.0 Å². The molecule has 2 rings (SSSR count). The quantitative estimate of drug-likeness (QED) is 0.910. The van der Waals surface area contributed by atoms with Crippen molar-refractivity contribution in [2.45, 2.75) is 38.6 Å². The largest absolute Gasteiger partial charge is 0.480 e. The molecule has 0 aliphatic heterocycles. The van der Waals surface area contributed by atoms with E-state index in [-0.39, 0.29) is 18.5 Å². The molecule has 1 N–H and O–H groups in total. The Kier molecular flexibility index (Phi) is 4.62. The minimum atomic E-state index is -0.951. The van der Waals surface area contributed by atoms with Gasteiger partial charge in [-0.25, -0.2) is 0 Å². The van der Waals surface area contributed by atoms with Crippen LogP contribution in [-0.4, -0.2) is 34.5 Å². The number of halogens is 1. The van der Waals surface area contributed by atoms with E-state index in [1.54, 1.807) is 0 Å². The molecule has 1 aliphatic rings. The first-order valence-electron chi connectivity index (χ1n) is 6.27. The number of carbonyl (C=O) groups is 2. The Bertz CT molecular complexity index is 475. The topological polar surface area (TPSA) is 57.6 Å². The summed E-state index contributed by atoms with van der Waals surface area (Å²) < 4.78 is 0.928. The van der Waals surface area contributed by atoms with Crippen LogP contribution in [0.5, 0.6) is 0 Å². The molecule has 0 atom stereocenters. The van der Waals surface area contributed by atoms with Crippen LogP contribution in [-0.2, 0) is 4.79 Å². The van der Waals surface area contributed by atoms with Gasteiger partial charge in [-0.15, -0.1) is 11.3 Å². The lowest BCUT2D eigenvalue weighted by Gasteiger charge is -2.26. The van der Waals surface area contributed by atoms with Crippen molar-refractivity contribution in [3.63, 3.8) is 0 Å². The first-order chi connectivity index (χ1) is 8.99. The number of hydrogen-bond acceptors (Lipinski definition) is 3. The second-order valence-electron chi connectivity index (χ2n) is 4.83. The minimum Gasteiger partial charge on any atom is -0.480 e. The van der Waals surface area contributed by atoms with Gasteiger partial charge in [-0.3, -0.25) is 9.59 Å². The zero-order chi connectivity index (χ0) is 14.0. The second kappa shape index (κ2) is 6.05. The molecule has 1 fully saturated rings. The van der Waals surface area contributed by atoms with E-state index in [1.165, 1.54) is 16.2 Å². The molecule has 1 heterocycles. The molecule has 1 aromatic rings. The Morgan fingerprint density at radius 1 is 1.47 bits per heavy atom. The van der Waals surface area contributed by atoms with Gasteiger partial charge in [-0.05, 0) is 47.3 Å². The molecule has 0 aromatic carbocycles. The van der Waals surface area contributed by atoms with E-state index < -0.39 is 5.97 Å². The van der Waals surface area contributed by atoms with Crippen molar-refractivity contribution in [2.75, 3.05) is 6.54 Å². The Hall–Kier alpha value is -0.880. The monoisotopic (exact) mass is 345 g/mol. The molecule has 4 nitrogen and oxygen atoms in total. The van der Waals surface area contributed by atoms with Crippen LogP contribution in [0.2, 0.25) is 0 Å². The number of nitrogens with zero attached hydrogens (tertiary/aromatic N) is 1. The molecular formula is C13H16BrNO3S. The third kappa shape index (κ3) is 3.36. The van der Waals surface area contributed by atoms with Crippen molar-refractivity contribution in [2.24, 2.45) is 0 Å². The molecule has 0 saturated heterocycles. The van der Waals surface area contributed by atoms with Crippen LogP contribution in [0.1, 0.15) is 40.9 Å². The number of rotatable bonds is 4. The van der Waals surface area contributed by atoms with E-state index in [9.17, 15) is 9.59 Å². The first-order valence-corrected chi connectivity index (χ1v) is 7.88. The van der Waals surface area contributed by atoms with Crippen LogP contribution in [0.4, 0.5) is 0 Å².